The van der Waals surface area contributed by atoms with E-state index in [1.54, 1.807) is 0 Å². The van der Waals surface area contributed by atoms with Crippen molar-refractivity contribution in [2.45, 2.75) is 13.8 Å². The number of benzene rings is 1. The number of nitrogens with zero attached hydrogens (tertiary/aromatic N) is 2. The van der Waals surface area contributed by atoms with Crippen LogP contribution in [0.4, 0.5) is 0 Å². The summed E-state index contributed by atoms with van der Waals surface area (Å²) in [5, 5.41) is 0.805. The topological polar surface area (TPSA) is 41.9 Å². The number of amides is 1. The normalized spacial score (nSPS) is 21.0. The van der Waals surface area contributed by atoms with Crippen molar-refractivity contribution in [2.75, 3.05) is 26.3 Å². The minimum Gasteiger partial charge on any atom is -0.378 e. The van der Waals surface area contributed by atoms with Crippen LogP contribution < -0.4 is 0 Å². The summed E-state index contributed by atoms with van der Waals surface area (Å²) in [6, 6.07) is 6.24. The van der Waals surface area contributed by atoms with E-state index in [4.69, 9.17) is 4.74 Å². The van der Waals surface area contributed by atoms with E-state index in [9.17, 15) is 4.79 Å². The van der Waals surface area contributed by atoms with Crippen molar-refractivity contribution >= 4 is 28.9 Å². The van der Waals surface area contributed by atoms with Gasteiger partial charge in [0.2, 0.25) is 0 Å². The Labute approximate surface area is 128 Å². The van der Waals surface area contributed by atoms with Gasteiger partial charge in [-0.25, -0.2) is 0 Å². The molecule has 0 atom stereocenters. The van der Waals surface area contributed by atoms with Gasteiger partial charge in [0.15, 0.2) is 5.17 Å². The summed E-state index contributed by atoms with van der Waals surface area (Å²) in [6.07, 6.45) is 1.94. The second-order valence-corrected chi connectivity index (χ2v) is 6.28. The van der Waals surface area contributed by atoms with Crippen LogP contribution in [-0.4, -0.2) is 42.3 Å². The lowest BCUT2D eigenvalue weighted by molar-refractivity contribution is -0.113. The van der Waals surface area contributed by atoms with E-state index < -0.39 is 0 Å². The number of carbonyl (C=O) groups excluding carboxylic acids is 1. The molecule has 3 rings (SSSR count). The molecule has 1 amide bonds. The maximum atomic E-state index is 12.1. The van der Waals surface area contributed by atoms with Crippen molar-refractivity contribution in [2.24, 2.45) is 4.99 Å². The zero-order valence-corrected chi connectivity index (χ0v) is 13.1. The molecule has 0 saturated carbocycles. The van der Waals surface area contributed by atoms with Gasteiger partial charge in [-0.3, -0.25) is 4.79 Å². The zero-order chi connectivity index (χ0) is 14.8. The molecule has 0 aliphatic carbocycles. The van der Waals surface area contributed by atoms with E-state index in [1.807, 2.05) is 6.08 Å². The van der Waals surface area contributed by atoms with Gasteiger partial charge in [-0.2, -0.15) is 4.99 Å². The number of aliphatic imine (C=N–C) groups is 1. The van der Waals surface area contributed by atoms with Crippen LogP contribution in [-0.2, 0) is 9.53 Å². The summed E-state index contributed by atoms with van der Waals surface area (Å²) in [4.78, 5) is 19.1. The van der Waals surface area contributed by atoms with Crippen molar-refractivity contribution in [3.05, 3.63) is 39.8 Å². The van der Waals surface area contributed by atoms with Gasteiger partial charge in [-0.15, -0.1) is 0 Å². The Morgan fingerprint density at radius 1 is 1.29 bits per heavy atom. The quantitative estimate of drug-likeness (QED) is 0.748. The molecule has 0 radical (unpaired) electrons. The highest BCUT2D eigenvalue weighted by Gasteiger charge is 2.27. The van der Waals surface area contributed by atoms with Crippen molar-refractivity contribution < 1.29 is 9.53 Å². The molecule has 110 valence electrons. The Kier molecular flexibility index (Phi) is 4.12. The zero-order valence-electron chi connectivity index (χ0n) is 12.3. The van der Waals surface area contributed by atoms with Gasteiger partial charge in [-0.1, -0.05) is 23.8 Å². The summed E-state index contributed by atoms with van der Waals surface area (Å²) in [7, 11) is 0. The van der Waals surface area contributed by atoms with E-state index in [0.717, 1.165) is 23.8 Å². The molecule has 0 aromatic heterocycles. The first-order valence-electron chi connectivity index (χ1n) is 7.06. The summed E-state index contributed by atoms with van der Waals surface area (Å²) in [5.41, 5.74) is 3.48. The van der Waals surface area contributed by atoms with Gasteiger partial charge in [0.1, 0.15) is 0 Å². The summed E-state index contributed by atoms with van der Waals surface area (Å²) in [5.74, 6) is -0.138. The molecule has 5 heteroatoms. The van der Waals surface area contributed by atoms with Crippen molar-refractivity contribution in [1.29, 1.82) is 0 Å². The Hall–Kier alpha value is -1.59. The molecule has 4 nitrogen and oxygen atoms in total. The molecule has 1 saturated heterocycles. The number of thioether (sulfide) groups is 1. The lowest BCUT2D eigenvalue weighted by Gasteiger charge is -2.27. The molecule has 1 aromatic carbocycles. The van der Waals surface area contributed by atoms with Crippen LogP contribution in [0.1, 0.15) is 16.7 Å². The Morgan fingerprint density at radius 2 is 2.05 bits per heavy atom. The number of hydrogen-bond donors (Lipinski definition) is 0. The molecule has 0 unspecified atom stereocenters. The average molecular weight is 302 g/mol. The van der Waals surface area contributed by atoms with Gasteiger partial charge < -0.3 is 9.64 Å². The third-order valence-electron chi connectivity index (χ3n) is 3.60. The molecule has 1 fully saturated rings. The van der Waals surface area contributed by atoms with Crippen LogP contribution in [0, 0.1) is 13.8 Å². The molecule has 1 aromatic rings. The largest absolute Gasteiger partial charge is 0.378 e. The van der Waals surface area contributed by atoms with Crippen molar-refractivity contribution in [3.8, 4) is 0 Å². The minimum atomic E-state index is -0.138. The van der Waals surface area contributed by atoms with E-state index in [2.05, 4.69) is 41.9 Å². The predicted octanol–water partition coefficient (Wildman–Crippen LogP) is 2.61. The first-order chi connectivity index (χ1) is 10.1. The second-order valence-electron chi connectivity index (χ2n) is 5.27. The summed E-state index contributed by atoms with van der Waals surface area (Å²) >= 11 is 1.46. The van der Waals surface area contributed by atoms with E-state index in [-0.39, 0.29) is 5.91 Å². The molecule has 2 heterocycles. The molecule has 2 aliphatic heterocycles. The molecule has 21 heavy (non-hydrogen) atoms. The van der Waals surface area contributed by atoms with E-state index >= 15 is 0 Å². The summed E-state index contributed by atoms with van der Waals surface area (Å²) in [6.45, 7) is 7.13. The highest BCUT2D eigenvalue weighted by molar-refractivity contribution is 8.18. The molecule has 0 spiro atoms. The maximum Gasteiger partial charge on any atom is 0.286 e. The third kappa shape index (κ3) is 3.19. The van der Waals surface area contributed by atoms with Gasteiger partial charge in [0.05, 0.1) is 18.1 Å². The van der Waals surface area contributed by atoms with E-state index in [0.29, 0.717) is 18.1 Å². The fraction of sp³-hybridized carbons (Fsp3) is 0.375. The predicted molar refractivity (Wildman–Crippen MR) is 86.3 cm³/mol. The molecule has 0 bridgehead atoms. The van der Waals surface area contributed by atoms with Crippen LogP contribution in [0.15, 0.2) is 28.1 Å². The third-order valence-corrected chi connectivity index (χ3v) is 4.65. The van der Waals surface area contributed by atoms with Crippen LogP contribution in [0.3, 0.4) is 0 Å². The fourth-order valence-corrected chi connectivity index (χ4v) is 3.37. The van der Waals surface area contributed by atoms with Gasteiger partial charge >= 0.3 is 0 Å². The average Bonchev–Trinajstić information content (AvgIpc) is 2.84. The number of ether oxygens (including phenoxy) is 1. The number of morpholine rings is 1. The molecule has 0 N–H and O–H groups in total. The number of carbonyl (C=O) groups is 1. The smallest absolute Gasteiger partial charge is 0.286 e. The molecular weight excluding hydrogens is 284 g/mol. The standard InChI is InChI=1S/C16H18N2O2S/c1-11-3-4-13(12(2)9-11)10-14-15(19)17-16(21-14)18-5-7-20-8-6-18/h3-4,9-10H,5-8H2,1-2H3/b14-10-. The Morgan fingerprint density at radius 3 is 2.76 bits per heavy atom. The molecule has 2 aliphatic rings. The lowest BCUT2D eigenvalue weighted by Crippen LogP contribution is -2.38. The molecular formula is C16H18N2O2S. The van der Waals surface area contributed by atoms with Gasteiger partial charge in [-0.05, 0) is 42.8 Å². The SMILES string of the molecule is Cc1ccc(/C=C2\SC(N3CCOCC3)=NC2=O)c(C)c1. The van der Waals surface area contributed by atoms with Gasteiger partial charge in [0, 0.05) is 13.1 Å². The van der Waals surface area contributed by atoms with Crippen LogP contribution in [0.5, 0.6) is 0 Å². The Bertz CT molecular complexity index is 631. The van der Waals surface area contributed by atoms with Crippen LogP contribution in [0.2, 0.25) is 0 Å². The number of amidine groups is 1. The number of rotatable bonds is 1. The highest BCUT2D eigenvalue weighted by atomic mass is 32.2. The van der Waals surface area contributed by atoms with Gasteiger partial charge in [0.25, 0.3) is 5.91 Å². The minimum absolute atomic E-state index is 0.138. The number of hydrogen-bond acceptors (Lipinski definition) is 4. The Balaban J connectivity index is 1.79. The maximum absolute atomic E-state index is 12.1. The number of aryl methyl sites for hydroxylation is 2. The second kappa shape index (κ2) is 6.03. The van der Waals surface area contributed by atoms with Crippen LogP contribution >= 0.6 is 11.8 Å². The van der Waals surface area contributed by atoms with Crippen LogP contribution in [0.25, 0.3) is 6.08 Å². The van der Waals surface area contributed by atoms with E-state index in [1.165, 1.54) is 22.9 Å². The van der Waals surface area contributed by atoms with Crippen molar-refractivity contribution in [3.63, 3.8) is 0 Å². The first kappa shape index (κ1) is 14.4. The summed E-state index contributed by atoms with van der Waals surface area (Å²) < 4.78 is 5.33. The highest BCUT2D eigenvalue weighted by Crippen LogP contribution is 2.31. The van der Waals surface area contributed by atoms with Crippen molar-refractivity contribution in [1.82, 2.24) is 4.90 Å². The fourth-order valence-electron chi connectivity index (χ4n) is 2.42. The monoisotopic (exact) mass is 302 g/mol. The first-order valence-corrected chi connectivity index (χ1v) is 7.87. The lowest BCUT2D eigenvalue weighted by atomic mass is 10.1.